The Bertz CT molecular complexity index is 894. The zero-order valence-electron chi connectivity index (χ0n) is 14.2. The summed E-state index contributed by atoms with van der Waals surface area (Å²) in [4.78, 5) is 2.16. The van der Waals surface area contributed by atoms with E-state index in [9.17, 15) is 8.42 Å². The Morgan fingerprint density at radius 2 is 1.73 bits per heavy atom. The summed E-state index contributed by atoms with van der Waals surface area (Å²) in [5.74, 6) is 1.39. The minimum atomic E-state index is -3.65. The van der Waals surface area contributed by atoms with Gasteiger partial charge in [-0.15, -0.1) is 11.3 Å². The number of halogens is 2. The number of piperazine rings is 1. The fourth-order valence-electron chi connectivity index (χ4n) is 2.86. The van der Waals surface area contributed by atoms with E-state index >= 15 is 0 Å². The number of thiophene rings is 1. The van der Waals surface area contributed by atoms with Gasteiger partial charge in [-0.3, -0.25) is 0 Å². The van der Waals surface area contributed by atoms with Crippen LogP contribution in [0.3, 0.4) is 0 Å². The molecule has 1 saturated heterocycles. The normalized spacial score (nSPS) is 15.9. The molecule has 0 aliphatic carbocycles. The molecule has 0 amide bonds. The van der Waals surface area contributed by atoms with E-state index in [4.69, 9.17) is 32.7 Å². The molecule has 0 bridgehead atoms. The topological polar surface area (TPSA) is 59.1 Å². The largest absolute Gasteiger partial charge is 0.497 e. The Morgan fingerprint density at radius 1 is 1.04 bits per heavy atom. The maximum absolute atomic E-state index is 12.8. The van der Waals surface area contributed by atoms with Crippen LogP contribution in [0.2, 0.25) is 8.67 Å². The predicted octanol–water partition coefficient (Wildman–Crippen LogP) is 3.58. The lowest BCUT2D eigenvalue weighted by atomic mass is 10.2. The molecular weight excluding hydrogens is 419 g/mol. The summed E-state index contributed by atoms with van der Waals surface area (Å²) < 4.78 is 38.2. The zero-order chi connectivity index (χ0) is 18.9. The van der Waals surface area contributed by atoms with Crippen molar-refractivity contribution in [3.8, 4) is 11.5 Å². The first kappa shape index (κ1) is 19.6. The SMILES string of the molecule is COc1ccc(N2CCN(S(=O)(=O)c3cc(Cl)sc3Cl)CC2)c(OC)c1. The van der Waals surface area contributed by atoms with Crippen LogP contribution in [-0.4, -0.2) is 53.1 Å². The van der Waals surface area contributed by atoms with Gasteiger partial charge in [-0.2, -0.15) is 4.31 Å². The van der Waals surface area contributed by atoms with Crippen molar-refractivity contribution in [2.45, 2.75) is 4.90 Å². The van der Waals surface area contributed by atoms with Gasteiger partial charge in [0.1, 0.15) is 20.7 Å². The van der Waals surface area contributed by atoms with Crippen molar-refractivity contribution in [1.29, 1.82) is 0 Å². The van der Waals surface area contributed by atoms with Gasteiger partial charge in [-0.05, 0) is 18.2 Å². The van der Waals surface area contributed by atoms with Crippen LogP contribution in [0.1, 0.15) is 0 Å². The smallest absolute Gasteiger partial charge is 0.245 e. The number of ether oxygens (including phenoxy) is 2. The monoisotopic (exact) mass is 436 g/mol. The maximum atomic E-state index is 12.8. The van der Waals surface area contributed by atoms with E-state index in [1.807, 2.05) is 18.2 Å². The molecule has 0 spiro atoms. The van der Waals surface area contributed by atoms with Crippen LogP contribution in [0.15, 0.2) is 29.2 Å². The van der Waals surface area contributed by atoms with E-state index < -0.39 is 10.0 Å². The first-order chi connectivity index (χ1) is 12.4. The van der Waals surface area contributed by atoms with Crippen LogP contribution >= 0.6 is 34.5 Å². The van der Waals surface area contributed by atoms with E-state index in [1.165, 1.54) is 10.4 Å². The summed E-state index contributed by atoms with van der Waals surface area (Å²) in [5, 5.41) is 0. The molecule has 6 nitrogen and oxygen atoms in total. The third kappa shape index (κ3) is 3.75. The number of benzene rings is 1. The van der Waals surface area contributed by atoms with E-state index in [2.05, 4.69) is 4.90 Å². The van der Waals surface area contributed by atoms with Gasteiger partial charge in [0, 0.05) is 32.2 Å². The van der Waals surface area contributed by atoms with Crippen LogP contribution in [0.5, 0.6) is 11.5 Å². The lowest BCUT2D eigenvalue weighted by molar-refractivity contribution is 0.375. The van der Waals surface area contributed by atoms with E-state index in [0.717, 1.165) is 17.0 Å². The highest BCUT2D eigenvalue weighted by atomic mass is 35.5. The number of methoxy groups -OCH3 is 2. The first-order valence-electron chi connectivity index (χ1n) is 7.78. The fourth-order valence-corrected chi connectivity index (χ4v) is 6.39. The van der Waals surface area contributed by atoms with Crippen LogP contribution in [0, 0.1) is 0 Å². The van der Waals surface area contributed by atoms with Gasteiger partial charge >= 0.3 is 0 Å². The van der Waals surface area contributed by atoms with E-state index in [-0.39, 0.29) is 9.23 Å². The number of anilines is 1. The Balaban J connectivity index is 1.76. The van der Waals surface area contributed by atoms with Crippen LogP contribution < -0.4 is 14.4 Å². The second-order valence-electron chi connectivity index (χ2n) is 5.62. The van der Waals surface area contributed by atoms with Gasteiger partial charge in [0.15, 0.2) is 0 Å². The molecular formula is C16H18Cl2N2O4S2. The molecule has 0 saturated carbocycles. The molecule has 1 aliphatic heterocycles. The molecule has 142 valence electrons. The molecule has 0 N–H and O–H groups in total. The molecule has 26 heavy (non-hydrogen) atoms. The Hall–Kier alpha value is -1.19. The zero-order valence-corrected chi connectivity index (χ0v) is 17.4. The minimum absolute atomic E-state index is 0.0737. The summed E-state index contributed by atoms with van der Waals surface area (Å²) in [6.07, 6.45) is 0. The first-order valence-corrected chi connectivity index (χ1v) is 10.8. The van der Waals surface area contributed by atoms with Crippen molar-refractivity contribution in [2.24, 2.45) is 0 Å². The van der Waals surface area contributed by atoms with E-state index in [0.29, 0.717) is 42.0 Å². The Labute approximate surface area is 166 Å². The second-order valence-corrected chi connectivity index (χ2v) is 9.81. The molecule has 0 atom stereocenters. The van der Waals surface area contributed by atoms with Gasteiger partial charge in [0.25, 0.3) is 0 Å². The van der Waals surface area contributed by atoms with Crippen LogP contribution in [0.4, 0.5) is 5.69 Å². The van der Waals surface area contributed by atoms with Crippen molar-refractivity contribution in [1.82, 2.24) is 4.31 Å². The molecule has 1 aromatic carbocycles. The van der Waals surface area contributed by atoms with Crippen LogP contribution in [0.25, 0.3) is 0 Å². The van der Waals surface area contributed by atoms with Gasteiger partial charge in [-0.1, -0.05) is 23.2 Å². The summed E-state index contributed by atoms with van der Waals surface area (Å²) in [7, 11) is -0.459. The average molecular weight is 437 g/mol. The van der Waals surface area contributed by atoms with Crippen molar-refractivity contribution in [3.05, 3.63) is 32.9 Å². The number of hydrogen-bond acceptors (Lipinski definition) is 6. The Kier molecular flexibility index (Phi) is 5.88. The minimum Gasteiger partial charge on any atom is -0.497 e. The molecule has 2 heterocycles. The average Bonchev–Trinajstić information content (AvgIpc) is 3.00. The van der Waals surface area contributed by atoms with E-state index in [1.54, 1.807) is 14.2 Å². The van der Waals surface area contributed by atoms with Crippen molar-refractivity contribution < 1.29 is 17.9 Å². The van der Waals surface area contributed by atoms with Gasteiger partial charge in [-0.25, -0.2) is 8.42 Å². The summed E-state index contributed by atoms with van der Waals surface area (Å²) >= 11 is 13.0. The molecule has 0 radical (unpaired) electrons. The fraction of sp³-hybridized carbons (Fsp3) is 0.375. The van der Waals surface area contributed by atoms with Gasteiger partial charge < -0.3 is 14.4 Å². The molecule has 0 unspecified atom stereocenters. The molecule has 1 aliphatic rings. The summed E-state index contributed by atoms with van der Waals surface area (Å²) in [6.45, 7) is 1.78. The Morgan fingerprint density at radius 3 is 2.27 bits per heavy atom. The summed E-state index contributed by atoms with van der Waals surface area (Å²) in [5.41, 5.74) is 0.905. The number of nitrogens with zero attached hydrogens (tertiary/aromatic N) is 2. The third-order valence-electron chi connectivity index (χ3n) is 4.21. The predicted molar refractivity (Wildman–Crippen MR) is 105 cm³/mol. The molecule has 2 aromatic rings. The van der Waals surface area contributed by atoms with Gasteiger partial charge in [0.05, 0.1) is 24.2 Å². The standard InChI is InChI=1S/C16H18Cl2N2O4S2/c1-23-11-3-4-12(13(9-11)24-2)19-5-7-20(8-6-19)26(21,22)14-10-15(17)25-16(14)18/h3-4,9-10H,5-8H2,1-2H3. The van der Waals surface area contributed by atoms with Gasteiger partial charge in [0.2, 0.25) is 10.0 Å². The maximum Gasteiger partial charge on any atom is 0.245 e. The quantitative estimate of drug-likeness (QED) is 0.716. The lowest BCUT2D eigenvalue weighted by Crippen LogP contribution is -2.48. The van der Waals surface area contributed by atoms with Crippen molar-refractivity contribution in [2.75, 3.05) is 45.3 Å². The van der Waals surface area contributed by atoms with Crippen molar-refractivity contribution >= 4 is 50.2 Å². The highest BCUT2D eigenvalue weighted by molar-refractivity contribution is 7.89. The summed E-state index contributed by atoms with van der Waals surface area (Å²) in [6, 6.07) is 6.99. The van der Waals surface area contributed by atoms with Crippen LogP contribution in [-0.2, 0) is 10.0 Å². The molecule has 3 rings (SSSR count). The highest BCUT2D eigenvalue weighted by Crippen LogP contribution is 2.37. The molecule has 1 fully saturated rings. The molecule has 10 heteroatoms. The van der Waals surface area contributed by atoms with Crippen molar-refractivity contribution in [3.63, 3.8) is 0 Å². The number of sulfonamides is 1. The second kappa shape index (κ2) is 7.82. The molecule has 1 aromatic heterocycles. The lowest BCUT2D eigenvalue weighted by Gasteiger charge is -2.35. The third-order valence-corrected chi connectivity index (χ3v) is 7.86. The number of rotatable bonds is 5. The highest BCUT2D eigenvalue weighted by Gasteiger charge is 2.32. The number of hydrogen-bond donors (Lipinski definition) is 0.